The Kier molecular flexibility index (Phi) is 4.83. The summed E-state index contributed by atoms with van der Waals surface area (Å²) >= 11 is 0. The molecule has 1 N–H and O–H groups in total. The molecule has 0 saturated carbocycles. The summed E-state index contributed by atoms with van der Waals surface area (Å²) in [5.41, 5.74) is 5.15. The standard InChI is InChI=1S/C22H20N4O/c1-27-20-9-7-17(8-10-20)4-3-13-23-19-6-2-5-18(16-19)21-11-14-24-22-12-15-25-26(21)22/h2-12,14-16,23H,13H2,1H3. The highest BCUT2D eigenvalue weighted by Crippen LogP contribution is 2.22. The maximum absolute atomic E-state index is 5.18. The Bertz CT molecular complexity index is 1070. The summed E-state index contributed by atoms with van der Waals surface area (Å²) in [5.74, 6) is 0.865. The second kappa shape index (κ2) is 7.74. The van der Waals surface area contributed by atoms with Gasteiger partial charge in [-0.15, -0.1) is 0 Å². The van der Waals surface area contributed by atoms with Gasteiger partial charge in [0.15, 0.2) is 5.65 Å². The third-order valence-electron chi connectivity index (χ3n) is 4.30. The van der Waals surface area contributed by atoms with E-state index in [9.17, 15) is 0 Å². The van der Waals surface area contributed by atoms with Crippen LogP contribution in [0.4, 0.5) is 5.69 Å². The summed E-state index contributed by atoms with van der Waals surface area (Å²) < 4.78 is 7.03. The Hall–Kier alpha value is -3.60. The van der Waals surface area contributed by atoms with Crippen molar-refractivity contribution in [3.8, 4) is 17.0 Å². The number of aromatic nitrogens is 3. The van der Waals surface area contributed by atoms with Gasteiger partial charge in [-0.3, -0.25) is 0 Å². The van der Waals surface area contributed by atoms with Crippen molar-refractivity contribution >= 4 is 17.4 Å². The molecule has 5 nitrogen and oxygen atoms in total. The van der Waals surface area contributed by atoms with Crippen LogP contribution in [0, 0.1) is 0 Å². The molecule has 0 amide bonds. The van der Waals surface area contributed by atoms with Crippen LogP contribution in [0.25, 0.3) is 23.0 Å². The zero-order valence-electron chi connectivity index (χ0n) is 15.0. The highest BCUT2D eigenvalue weighted by molar-refractivity contribution is 5.67. The molecule has 4 aromatic rings. The minimum atomic E-state index is 0.739. The molecule has 5 heteroatoms. The number of hydrogen-bond acceptors (Lipinski definition) is 4. The molecule has 134 valence electrons. The van der Waals surface area contributed by atoms with Gasteiger partial charge in [0.25, 0.3) is 0 Å². The van der Waals surface area contributed by atoms with E-state index in [0.717, 1.165) is 40.4 Å². The van der Waals surface area contributed by atoms with Crippen LogP contribution in [-0.2, 0) is 0 Å². The molecule has 0 fully saturated rings. The molecule has 0 aliphatic carbocycles. The van der Waals surface area contributed by atoms with Crippen LogP contribution < -0.4 is 10.1 Å². The Labute approximate surface area is 158 Å². The van der Waals surface area contributed by atoms with Gasteiger partial charge >= 0.3 is 0 Å². The van der Waals surface area contributed by atoms with Crippen LogP contribution in [0.15, 0.2) is 79.1 Å². The fourth-order valence-corrected chi connectivity index (χ4v) is 2.93. The number of fused-ring (bicyclic) bond motifs is 1. The molecule has 2 aromatic heterocycles. The minimum absolute atomic E-state index is 0.739. The van der Waals surface area contributed by atoms with E-state index in [2.05, 4.69) is 45.8 Å². The molecule has 0 saturated heterocycles. The van der Waals surface area contributed by atoms with Crippen LogP contribution >= 0.6 is 0 Å². The molecular weight excluding hydrogens is 336 g/mol. The summed E-state index contributed by atoms with van der Waals surface area (Å²) in [6.45, 7) is 0.739. The Morgan fingerprint density at radius 2 is 1.93 bits per heavy atom. The molecule has 4 rings (SSSR count). The highest BCUT2D eigenvalue weighted by Gasteiger charge is 2.05. The number of hydrogen-bond donors (Lipinski definition) is 1. The maximum Gasteiger partial charge on any atom is 0.155 e. The minimum Gasteiger partial charge on any atom is -0.497 e. The second-order valence-electron chi connectivity index (χ2n) is 6.07. The molecule has 2 aromatic carbocycles. The van der Waals surface area contributed by atoms with Crippen LogP contribution in [0.5, 0.6) is 5.75 Å². The number of nitrogens with zero attached hydrogens (tertiary/aromatic N) is 3. The van der Waals surface area contributed by atoms with Gasteiger partial charge in [0.1, 0.15) is 5.75 Å². The van der Waals surface area contributed by atoms with Gasteiger partial charge in [0.2, 0.25) is 0 Å². The van der Waals surface area contributed by atoms with Crippen LogP contribution in [0.3, 0.4) is 0 Å². The topological polar surface area (TPSA) is 51.5 Å². The molecule has 0 unspecified atom stereocenters. The van der Waals surface area contributed by atoms with Crippen LogP contribution in [-0.4, -0.2) is 28.3 Å². The fourth-order valence-electron chi connectivity index (χ4n) is 2.93. The summed E-state index contributed by atoms with van der Waals surface area (Å²) in [5, 5.41) is 7.79. The number of anilines is 1. The normalized spacial score (nSPS) is 11.1. The van der Waals surface area contributed by atoms with Crippen molar-refractivity contribution < 1.29 is 4.74 Å². The summed E-state index contributed by atoms with van der Waals surface area (Å²) in [4.78, 5) is 4.32. The smallest absolute Gasteiger partial charge is 0.155 e. The number of ether oxygens (including phenoxy) is 1. The number of benzene rings is 2. The van der Waals surface area contributed by atoms with E-state index in [1.165, 1.54) is 0 Å². The van der Waals surface area contributed by atoms with Crippen LogP contribution in [0.2, 0.25) is 0 Å². The molecule has 0 atom stereocenters. The number of rotatable bonds is 6. The van der Waals surface area contributed by atoms with Crippen molar-refractivity contribution in [2.24, 2.45) is 0 Å². The van der Waals surface area contributed by atoms with Crippen molar-refractivity contribution in [2.75, 3.05) is 19.0 Å². The average Bonchev–Trinajstić information content (AvgIpc) is 3.21. The van der Waals surface area contributed by atoms with Gasteiger partial charge in [-0.05, 0) is 35.9 Å². The lowest BCUT2D eigenvalue weighted by molar-refractivity contribution is 0.415. The molecule has 0 bridgehead atoms. The quantitative estimate of drug-likeness (QED) is 0.551. The van der Waals surface area contributed by atoms with Crippen molar-refractivity contribution in [2.45, 2.75) is 0 Å². The average molecular weight is 356 g/mol. The molecule has 0 spiro atoms. The van der Waals surface area contributed by atoms with Gasteiger partial charge in [-0.2, -0.15) is 5.10 Å². The van der Waals surface area contributed by atoms with Gasteiger partial charge in [-0.1, -0.05) is 36.4 Å². The summed E-state index contributed by atoms with van der Waals surface area (Å²) in [7, 11) is 1.67. The van der Waals surface area contributed by atoms with E-state index in [1.54, 1.807) is 13.3 Å². The first kappa shape index (κ1) is 16.8. The van der Waals surface area contributed by atoms with Gasteiger partial charge in [0, 0.05) is 30.1 Å². The van der Waals surface area contributed by atoms with Crippen molar-refractivity contribution in [1.82, 2.24) is 14.6 Å². The molecule has 27 heavy (non-hydrogen) atoms. The zero-order valence-corrected chi connectivity index (χ0v) is 15.0. The largest absolute Gasteiger partial charge is 0.497 e. The Morgan fingerprint density at radius 3 is 2.78 bits per heavy atom. The molecular formula is C22H20N4O. The maximum atomic E-state index is 5.18. The second-order valence-corrected chi connectivity index (χ2v) is 6.07. The van der Waals surface area contributed by atoms with Gasteiger partial charge in [-0.25, -0.2) is 9.50 Å². The van der Waals surface area contributed by atoms with Gasteiger partial charge < -0.3 is 10.1 Å². The Morgan fingerprint density at radius 1 is 1.04 bits per heavy atom. The summed E-state index contributed by atoms with van der Waals surface area (Å²) in [6, 6.07) is 20.2. The van der Waals surface area contributed by atoms with E-state index in [0.29, 0.717) is 0 Å². The third kappa shape index (κ3) is 3.82. The lowest BCUT2D eigenvalue weighted by Gasteiger charge is -2.08. The Balaban J connectivity index is 1.45. The van der Waals surface area contributed by atoms with E-state index in [4.69, 9.17) is 4.74 Å². The van der Waals surface area contributed by atoms with Crippen molar-refractivity contribution in [3.63, 3.8) is 0 Å². The monoisotopic (exact) mass is 356 g/mol. The van der Waals surface area contributed by atoms with Crippen LogP contribution in [0.1, 0.15) is 5.56 Å². The lowest BCUT2D eigenvalue weighted by atomic mass is 10.1. The molecule has 0 aliphatic heterocycles. The number of nitrogens with one attached hydrogen (secondary N) is 1. The first-order valence-electron chi connectivity index (χ1n) is 8.77. The third-order valence-corrected chi connectivity index (χ3v) is 4.30. The zero-order chi connectivity index (χ0) is 18.5. The SMILES string of the molecule is COc1ccc(C=CCNc2cccc(-c3ccnc4ccnn34)c2)cc1. The first-order chi connectivity index (χ1) is 13.3. The van der Waals surface area contributed by atoms with E-state index in [1.807, 2.05) is 53.2 Å². The highest BCUT2D eigenvalue weighted by atomic mass is 16.5. The van der Waals surface area contributed by atoms with E-state index in [-0.39, 0.29) is 0 Å². The molecule has 0 aliphatic rings. The van der Waals surface area contributed by atoms with E-state index < -0.39 is 0 Å². The molecule has 2 heterocycles. The first-order valence-corrected chi connectivity index (χ1v) is 8.77. The fraction of sp³-hybridized carbons (Fsp3) is 0.0909. The van der Waals surface area contributed by atoms with E-state index >= 15 is 0 Å². The molecule has 0 radical (unpaired) electrons. The van der Waals surface area contributed by atoms with Gasteiger partial charge in [0.05, 0.1) is 19.0 Å². The predicted octanol–water partition coefficient (Wildman–Crippen LogP) is 4.53. The van der Waals surface area contributed by atoms with Crippen molar-refractivity contribution in [1.29, 1.82) is 0 Å². The lowest BCUT2D eigenvalue weighted by Crippen LogP contribution is -1.99. The summed E-state index contributed by atoms with van der Waals surface area (Å²) in [6.07, 6.45) is 7.76. The number of methoxy groups -OCH3 is 1. The predicted molar refractivity (Wildman–Crippen MR) is 109 cm³/mol. The van der Waals surface area contributed by atoms with Crippen molar-refractivity contribution in [3.05, 3.63) is 84.7 Å².